The first kappa shape index (κ1) is 9.30. The molecule has 2 heterocycles. The first-order valence-corrected chi connectivity index (χ1v) is 5.77. The van der Waals surface area contributed by atoms with E-state index < -0.39 is 0 Å². The van der Waals surface area contributed by atoms with E-state index in [1.165, 1.54) is 11.5 Å². The standard InChI is InChI=1S/C8H14N2O2S/c11-8-7(5-12-10-8)9-6-1-3-13-4-2-6/h6-7,9H,1-5H2,(H,10,11). The third-order valence-electron chi connectivity index (χ3n) is 2.40. The summed E-state index contributed by atoms with van der Waals surface area (Å²) in [6, 6.07) is 0.367. The summed E-state index contributed by atoms with van der Waals surface area (Å²) in [7, 11) is 0. The normalized spacial score (nSPS) is 30.5. The number of hydroxylamine groups is 1. The number of carbonyl (C=O) groups excluding carboxylic acids is 1. The van der Waals surface area contributed by atoms with Crippen LogP contribution in [0, 0.1) is 0 Å². The van der Waals surface area contributed by atoms with Gasteiger partial charge in [-0.1, -0.05) is 0 Å². The van der Waals surface area contributed by atoms with E-state index >= 15 is 0 Å². The average molecular weight is 202 g/mol. The molecule has 0 aliphatic carbocycles. The van der Waals surface area contributed by atoms with E-state index in [9.17, 15) is 4.79 Å². The van der Waals surface area contributed by atoms with Gasteiger partial charge in [-0.3, -0.25) is 9.63 Å². The third-order valence-corrected chi connectivity index (χ3v) is 3.45. The van der Waals surface area contributed by atoms with E-state index in [4.69, 9.17) is 4.84 Å². The summed E-state index contributed by atoms with van der Waals surface area (Å²) in [4.78, 5) is 16.0. The van der Waals surface area contributed by atoms with E-state index in [-0.39, 0.29) is 11.9 Å². The van der Waals surface area contributed by atoms with Crippen LogP contribution in [0.3, 0.4) is 0 Å². The van der Waals surface area contributed by atoms with Crippen LogP contribution in [0.2, 0.25) is 0 Å². The highest BCUT2D eigenvalue weighted by atomic mass is 32.2. The van der Waals surface area contributed by atoms with Crippen LogP contribution in [0.1, 0.15) is 12.8 Å². The maximum atomic E-state index is 11.1. The topological polar surface area (TPSA) is 50.4 Å². The lowest BCUT2D eigenvalue weighted by atomic mass is 10.1. The molecule has 5 heteroatoms. The molecule has 2 aliphatic heterocycles. The van der Waals surface area contributed by atoms with Crippen molar-refractivity contribution in [1.29, 1.82) is 0 Å². The number of nitrogens with one attached hydrogen (secondary N) is 2. The smallest absolute Gasteiger partial charge is 0.263 e. The van der Waals surface area contributed by atoms with Gasteiger partial charge in [-0.15, -0.1) is 0 Å². The van der Waals surface area contributed by atoms with Gasteiger partial charge < -0.3 is 5.32 Å². The minimum Gasteiger partial charge on any atom is -0.301 e. The lowest BCUT2D eigenvalue weighted by molar-refractivity contribution is -0.125. The zero-order valence-electron chi connectivity index (χ0n) is 7.41. The van der Waals surface area contributed by atoms with Crippen LogP contribution in [-0.2, 0) is 9.63 Å². The van der Waals surface area contributed by atoms with E-state index in [2.05, 4.69) is 10.8 Å². The van der Waals surface area contributed by atoms with Gasteiger partial charge in [0.15, 0.2) is 0 Å². The predicted octanol–water partition coefficient (Wildman–Crippen LogP) is -0.0984. The van der Waals surface area contributed by atoms with Crippen LogP contribution in [0.4, 0.5) is 0 Å². The van der Waals surface area contributed by atoms with E-state index in [1.807, 2.05) is 11.8 Å². The van der Waals surface area contributed by atoms with Crippen LogP contribution >= 0.6 is 11.8 Å². The number of thioether (sulfide) groups is 1. The second kappa shape index (κ2) is 4.30. The van der Waals surface area contributed by atoms with E-state index in [0.29, 0.717) is 12.6 Å². The Morgan fingerprint density at radius 1 is 1.46 bits per heavy atom. The quantitative estimate of drug-likeness (QED) is 0.656. The highest BCUT2D eigenvalue weighted by Gasteiger charge is 2.28. The molecule has 2 saturated heterocycles. The van der Waals surface area contributed by atoms with E-state index in [0.717, 1.165) is 12.8 Å². The molecule has 13 heavy (non-hydrogen) atoms. The molecule has 2 N–H and O–H groups in total. The first-order valence-electron chi connectivity index (χ1n) is 4.62. The maximum Gasteiger partial charge on any atom is 0.263 e. The highest BCUT2D eigenvalue weighted by molar-refractivity contribution is 7.99. The molecule has 0 aromatic carbocycles. The van der Waals surface area contributed by atoms with Gasteiger partial charge in [0.25, 0.3) is 5.91 Å². The molecular weight excluding hydrogens is 188 g/mol. The molecule has 2 aliphatic rings. The van der Waals surface area contributed by atoms with Gasteiger partial charge in [-0.2, -0.15) is 11.8 Å². The van der Waals surface area contributed by atoms with Crippen molar-refractivity contribution >= 4 is 17.7 Å². The molecule has 1 atom stereocenters. The monoisotopic (exact) mass is 202 g/mol. The Kier molecular flexibility index (Phi) is 3.08. The fourth-order valence-corrected chi connectivity index (χ4v) is 2.72. The van der Waals surface area contributed by atoms with Crippen LogP contribution in [0.15, 0.2) is 0 Å². The van der Waals surface area contributed by atoms with Crippen molar-refractivity contribution in [2.24, 2.45) is 0 Å². The van der Waals surface area contributed by atoms with Crippen LogP contribution < -0.4 is 10.8 Å². The van der Waals surface area contributed by atoms with Crippen molar-refractivity contribution in [3.8, 4) is 0 Å². The van der Waals surface area contributed by atoms with E-state index in [1.54, 1.807) is 0 Å². The summed E-state index contributed by atoms with van der Waals surface area (Å²) in [6.07, 6.45) is 2.32. The number of rotatable bonds is 2. The van der Waals surface area contributed by atoms with Crippen molar-refractivity contribution in [1.82, 2.24) is 10.8 Å². The summed E-state index contributed by atoms with van der Waals surface area (Å²) in [5.74, 6) is 2.37. The van der Waals surface area contributed by atoms with Crippen molar-refractivity contribution in [3.63, 3.8) is 0 Å². The zero-order chi connectivity index (χ0) is 9.10. The van der Waals surface area contributed by atoms with Crippen molar-refractivity contribution < 1.29 is 9.63 Å². The number of hydrogen-bond donors (Lipinski definition) is 2. The lowest BCUT2D eigenvalue weighted by Gasteiger charge is -2.24. The summed E-state index contributed by atoms with van der Waals surface area (Å²) in [5, 5.41) is 3.32. The summed E-state index contributed by atoms with van der Waals surface area (Å²) >= 11 is 1.99. The van der Waals surface area contributed by atoms with Crippen molar-refractivity contribution in [2.45, 2.75) is 24.9 Å². The molecule has 0 aromatic heterocycles. The van der Waals surface area contributed by atoms with Crippen LogP contribution in [0.5, 0.6) is 0 Å². The SMILES string of the molecule is O=C1NOCC1NC1CCSCC1. The van der Waals surface area contributed by atoms with Gasteiger partial charge in [0, 0.05) is 6.04 Å². The lowest BCUT2D eigenvalue weighted by Crippen LogP contribution is -2.45. The number of carbonyl (C=O) groups is 1. The van der Waals surface area contributed by atoms with Gasteiger partial charge in [-0.05, 0) is 24.3 Å². The highest BCUT2D eigenvalue weighted by Crippen LogP contribution is 2.17. The Labute approximate surface area is 81.7 Å². The minimum absolute atomic E-state index is 0.0294. The fraction of sp³-hybridized carbons (Fsp3) is 0.875. The third kappa shape index (κ3) is 2.36. The summed E-state index contributed by atoms with van der Waals surface area (Å²) in [6.45, 7) is 0.461. The number of amides is 1. The van der Waals surface area contributed by atoms with Gasteiger partial charge in [0.05, 0.1) is 6.61 Å². The Hall–Kier alpha value is -0.260. The minimum atomic E-state index is -0.131. The second-order valence-electron chi connectivity index (χ2n) is 3.38. The van der Waals surface area contributed by atoms with Crippen LogP contribution in [0.25, 0.3) is 0 Å². The molecular formula is C8H14N2O2S. The molecule has 1 amide bonds. The molecule has 0 saturated carbocycles. The summed E-state index contributed by atoms with van der Waals surface area (Å²) < 4.78 is 0. The zero-order valence-corrected chi connectivity index (χ0v) is 8.23. The Morgan fingerprint density at radius 2 is 2.23 bits per heavy atom. The van der Waals surface area contributed by atoms with Gasteiger partial charge >= 0.3 is 0 Å². The molecule has 0 bridgehead atoms. The van der Waals surface area contributed by atoms with Gasteiger partial charge in [-0.25, -0.2) is 5.48 Å². The molecule has 0 spiro atoms. The Morgan fingerprint density at radius 3 is 2.85 bits per heavy atom. The molecule has 0 aromatic rings. The average Bonchev–Trinajstić information content (AvgIpc) is 2.54. The number of hydrogen-bond acceptors (Lipinski definition) is 4. The maximum absolute atomic E-state index is 11.1. The Balaban J connectivity index is 1.79. The largest absolute Gasteiger partial charge is 0.301 e. The molecule has 2 fully saturated rings. The Bertz CT molecular complexity index is 195. The van der Waals surface area contributed by atoms with Crippen molar-refractivity contribution in [3.05, 3.63) is 0 Å². The first-order chi connectivity index (χ1) is 6.36. The van der Waals surface area contributed by atoms with Gasteiger partial charge in [0.2, 0.25) is 0 Å². The predicted molar refractivity (Wildman–Crippen MR) is 51.4 cm³/mol. The summed E-state index contributed by atoms with van der Waals surface area (Å²) in [5.41, 5.74) is 2.35. The molecule has 1 unspecified atom stereocenters. The fourth-order valence-electron chi connectivity index (χ4n) is 1.62. The second-order valence-corrected chi connectivity index (χ2v) is 4.61. The molecule has 4 nitrogen and oxygen atoms in total. The molecule has 0 radical (unpaired) electrons. The van der Waals surface area contributed by atoms with Gasteiger partial charge in [0.1, 0.15) is 6.04 Å². The van der Waals surface area contributed by atoms with Crippen molar-refractivity contribution in [2.75, 3.05) is 18.1 Å². The molecule has 2 rings (SSSR count). The molecule has 74 valence electrons. The van der Waals surface area contributed by atoms with Crippen LogP contribution in [-0.4, -0.2) is 36.1 Å².